The van der Waals surface area contributed by atoms with Gasteiger partial charge in [0.2, 0.25) is 5.91 Å². The third-order valence-corrected chi connectivity index (χ3v) is 5.16. The first-order chi connectivity index (χ1) is 13.6. The van der Waals surface area contributed by atoms with Crippen molar-refractivity contribution in [2.45, 2.75) is 25.3 Å². The van der Waals surface area contributed by atoms with Crippen LogP contribution in [0.2, 0.25) is 0 Å². The van der Waals surface area contributed by atoms with Crippen LogP contribution in [0.5, 0.6) is 11.5 Å². The van der Waals surface area contributed by atoms with Gasteiger partial charge < -0.3 is 14.8 Å². The summed E-state index contributed by atoms with van der Waals surface area (Å²) in [6, 6.07) is 12.3. The molecule has 1 aliphatic heterocycles. The van der Waals surface area contributed by atoms with Crippen LogP contribution >= 0.6 is 0 Å². The average Bonchev–Trinajstić information content (AvgIpc) is 3.16. The van der Waals surface area contributed by atoms with E-state index in [4.69, 9.17) is 9.47 Å². The van der Waals surface area contributed by atoms with Gasteiger partial charge in [-0.1, -0.05) is 12.1 Å². The Labute approximate surface area is 165 Å². The summed E-state index contributed by atoms with van der Waals surface area (Å²) in [6.45, 7) is 1.75. The topological polar surface area (TPSA) is 50.8 Å². The first kappa shape index (κ1) is 20.1. The second-order valence-electron chi connectivity index (χ2n) is 6.96. The van der Waals surface area contributed by atoms with E-state index in [9.17, 15) is 9.18 Å². The highest BCUT2D eigenvalue weighted by Gasteiger charge is 2.30. The first-order valence-electron chi connectivity index (χ1n) is 9.58. The maximum absolute atomic E-state index is 13.0. The van der Waals surface area contributed by atoms with Crippen molar-refractivity contribution >= 4 is 5.91 Å². The second-order valence-corrected chi connectivity index (χ2v) is 6.96. The molecule has 1 saturated heterocycles. The Kier molecular flexibility index (Phi) is 6.87. The molecule has 28 heavy (non-hydrogen) atoms. The molecule has 2 aromatic rings. The maximum Gasteiger partial charge on any atom is 0.234 e. The zero-order valence-electron chi connectivity index (χ0n) is 16.4. The number of methoxy groups -OCH3 is 2. The van der Waals surface area contributed by atoms with Gasteiger partial charge in [-0.25, -0.2) is 4.39 Å². The van der Waals surface area contributed by atoms with Gasteiger partial charge >= 0.3 is 0 Å². The van der Waals surface area contributed by atoms with Gasteiger partial charge in [-0.2, -0.15) is 0 Å². The van der Waals surface area contributed by atoms with Crippen molar-refractivity contribution in [1.29, 1.82) is 0 Å². The van der Waals surface area contributed by atoms with E-state index in [1.54, 1.807) is 26.4 Å². The Bertz CT molecular complexity index is 795. The van der Waals surface area contributed by atoms with Gasteiger partial charge in [0.15, 0.2) is 0 Å². The van der Waals surface area contributed by atoms with Crippen molar-refractivity contribution in [2.24, 2.45) is 0 Å². The lowest BCUT2D eigenvalue weighted by atomic mass is 10.0. The van der Waals surface area contributed by atoms with Crippen LogP contribution in [-0.4, -0.2) is 44.7 Å². The van der Waals surface area contributed by atoms with Crippen molar-refractivity contribution in [1.82, 2.24) is 10.2 Å². The lowest BCUT2D eigenvalue weighted by Crippen LogP contribution is -2.37. The van der Waals surface area contributed by atoms with E-state index in [2.05, 4.69) is 10.2 Å². The fourth-order valence-electron chi connectivity index (χ4n) is 3.71. The summed E-state index contributed by atoms with van der Waals surface area (Å²) in [5, 5.41) is 2.97. The molecule has 0 radical (unpaired) electrons. The molecule has 1 amide bonds. The van der Waals surface area contributed by atoms with E-state index in [0.29, 0.717) is 19.5 Å². The summed E-state index contributed by atoms with van der Waals surface area (Å²) >= 11 is 0. The number of carbonyl (C=O) groups is 1. The van der Waals surface area contributed by atoms with E-state index in [1.807, 2.05) is 18.2 Å². The molecule has 1 unspecified atom stereocenters. The Morgan fingerprint density at radius 3 is 2.68 bits per heavy atom. The van der Waals surface area contributed by atoms with Crippen LogP contribution in [0.15, 0.2) is 42.5 Å². The number of halogens is 1. The molecule has 6 heteroatoms. The molecule has 0 bridgehead atoms. The Hall–Kier alpha value is -2.60. The molecule has 1 heterocycles. The van der Waals surface area contributed by atoms with E-state index in [-0.39, 0.29) is 17.8 Å². The smallest absolute Gasteiger partial charge is 0.234 e. The highest BCUT2D eigenvalue weighted by molar-refractivity contribution is 5.78. The minimum atomic E-state index is -0.249. The molecule has 1 N–H and O–H groups in total. The molecule has 0 aliphatic carbocycles. The maximum atomic E-state index is 13.0. The fourth-order valence-corrected chi connectivity index (χ4v) is 3.71. The van der Waals surface area contributed by atoms with E-state index < -0.39 is 0 Å². The fraction of sp³-hybridized carbons (Fsp3) is 0.409. The standard InChI is InChI=1S/C22H27FN2O3/c1-27-18-9-10-21(28-2)19(14-18)20-4-3-13-25(20)15-22(26)24-12-11-16-5-7-17(23)8-6-16/h5-10,14,20H,3-4,11-13,15H2,1-2H3,(H,24,26). The number of nitrogens with zero attached hydrogens (tertiary/aromatic N) is 1. The number of amides is 1. The van der Waals surface area contributed by atoms with Crippen LogP contribution in [0, 0.1) is 5.82 Å². The number of benzene rings is 2. The molecule has 0 aromatic heterocycles. The van der Waals surface area contributed by atoms with Gasteiger partial charge in [0.25, 0.3) is 0 Å². The molecule has 0 saturated carbocycles. The molecular weight excluding hydrogens is 359 g/mol. The lowest BCUT2D eigenvalue weighted by molar-refractivity contribution is -0.122. The number of ether oxygens (including phenoxy) is 2. The number of hydrogen-bond acceptors (Lipinski definition) is 4. The summed E-state index contributed by atoms with van der Waals surface area (Å²) in [6.07, 6.45) is 2.69. The van der Waals surface area contributed by atoms with Crippen molar-refractivity contribution < 1.29 is 18.7 Å². The number of likely N-dealkylation sites (tertiary alicyclic amines) is 1. The highest BCUT2D eigenvalue weighted by atomic mass is 19.1. The largest absolute Gasteiger partial charge is 0.497 e. The predicted molar refractivity (Wildman–Crippen MR) is 106 cm³/mol. The lowest BCUT2D eigenvalue weighted by Gasteiger charge is -2.26. The second kappa shape index (κ2) is 9.55. The van der Waals surface area contributed by atoms with Crippen LogP contribution in [0.3, 0.4) is 0 Å². The van der Waals surface area contributed by atoms with Crippen LogP contribution < -0.4 is 14.8 Å². The van der Waals surface area contributed by atoms with Gasteiger partial charge in [0.1, 0.15) is 17.3 Å². The highest BCUT2D eigenvalue weighted by Crippen LogP contribution is 2.38. The predicted octanol–water partition coefficient (Wildman–Crippen LogP) is 3.34. The zero-order chi connectivity index (χ0) is 19.9. The zero-order valence-corrected chi connectivity index (χ0v) is 16.4. The van der Waals surface area contributed by atoms with Crippen molar-refractivity contribution in [3.63, 3.8) is 0 Å². The van der Waals surface area contributed by atoms with Crippen molar-refractivity contribution in [2.75, 3.05) is 33.9 Å². The number of carbonyl (C=O) groups excluding carboxylic acids is 1. The SMILES string of the molecule is COc1ccc(OC)c(C2CCCN2CC(=O)NCCc2ccc(F)cc2)c1. The minimum absolute atomic E-state index is 0.00382. The molecule has 0 spiro atoms. The molecule has 150 valence electrons. The van der Waals surface area contributed by atoms with Crippen LogP contribution in [0.1, 0.15) is 30.0 Å². The van der Waals surface area contributed by atoms with Gasteiger partial charge in [0.05, 0.1) is 20.8 Å². The average molecular weight is 386 g/mol. The summed E-state index contributed by atoms with van der Waals surface area (Å²) in [5.41, 5.74) is 2.06. The van der Waals surface area contributed by atoms with Crippen LogP contribution in [0.4, 0.5) is 4.39 Å². The molecule has 1 atom stereocenters. The number of nitrogens with one attached hydrogen (secondary N) is 1. The molecule has 3 rings (SSSR count). The Morgan fingerprint density at radius 2 is 1.96 bits per heavy atom. The van der Waals surface area contributed by atoms with Gasteiger partial charge in [-0.15, -0.1) is 0 Å². The van der Waals surface area contributed by atoms with E-state index >= 15 is 0 Å². The van der Waals surface area contributed by atoms with Gasteiger partial charge in [0, 0.05) is 18.2 Å². The monoisotopic (exact) mass is 386 g/mol. The van der Waals surface area contributed by atoms with Crippen molar-refractivity contribution in [3.05, 3.63) is 59.4 Å². The number of rotatable bonds is 8. The Morgan fingerprint density at radius 1 is 1.18 bits per heavy atom. The van der Waals surface area contributed by atoms with Crippen LogP contribution in [0.25, 0.3) is 0 Å². The summed E-state index contributed by atoms with van der Waals surface area (Å²) < 4.78 is 23.8. The molecule has 1 fully saturated rings. The summed E-state index contributed by atoms with van der Waals surface area (Å²) in [5.74, 6) is 1.34. The third-order valence-electron chi connectivity index (χ3n) is 5.16. The molecule has 1 aliphatic rings. The minimum Gasteiger partial charge on any atom is -0.497 e. The summed E-state index contributed by atoms with van der Waals surface area (Å²) in [7, 11) is 3.30. The first-order valence-corrected chi connectivity index (χ1v) is 9.58. The third kappa shape index (κ3) is 5.01. The number of hydrogen-bond donors (Lipinski definition) is 1. The van der Waals surface area contributed by atoms with Gasteiger partial charge in [-0.3, -0.25) is 9.69 Å². The summed E-state index contributed by atoms with van der Waals surface area (Å²) in [4.78, 5) is 14.6. The molecular formula is C22H27FN2O3. The van der Waals surface area contributed by atoms with E-state index in [0.717, 1.165) is 42.0 Å². The normalized spacial score (nSPS) is 16.8. The van der Waals surface area contributed by atoms with Gasteiger partial charge in [-0.05, 0) is 61.7 Å². The van der Waals surface area contributed by atoms with E-state index in [1.165, 1.54) is 12.1 Å². The molecule has 5 nitrogen and oxygen atoms in total. The molecule has 2 aromatic carbocycles. The van der Waals surface area contributed by atoms with Crippen molar-refractivity contribution in [3.8, 4) is 11.5 Å². The Balaban J connectivity index is 1.57. The van der Waals surface area contributed by atoms with Crippen LogP contribution in [-0.2, 0) is 11.2 Å². The quantitative estimate of drug-likeness (QED) is 0.756.